The molecule has 0 amide bonds. The van der Waals surface area contributed by atoms with Gasteiger partial charge in [0.15, 0.2) is 0 Å². The molecule has 7 aromatic carbocycles. The van der Waals surface area contributed by atoms with Crippen molar-refractivity contribution in [1.29, 1.82) is 0 Å². The van der Waals surface area contributed by atoms with E-state index in [1.807, 2.05) is 30.5 Å². The van der Waals surface area contributed by atoms with Gasteiger partial charge in [0, 0.05) is 33.7 Å². The Balaban J connectivity index is 0.00000397. The minimum atomic E-state index is -0.149. The van der Waals surface area contributed by atoms with Crippen LogP contribution >= 0.6 is 0 Å². The molecular formula is C52H35N5OPt. The van der Waals surface area contributed by atoms with Crippen molar-refractivity contribution in [2.45, 2.75) is 26.2 Å². The maximum Gasteiger partial charge on any atom is 2.00 e. The number of furan rings is 1. The van der Waals surface area contributed by atoms with Gasteiger partial charge in [0.05, 0.1) is 11.0 Å². The quantitative estimate of drug-likeness (QED) is 0.165. The Morgan fingerprint density at radius 2 is 1.39 bits per heavy atom. The molecule has 5 aromatic heterocycles. The first-order valence-corrected chi connectivity index (χ1v) is 19.7. The van der Waals surface area contributed by atoms with Crippen LogP contribution in [0.5, 0.6) is 0 Å². The van der Waals surface area contributed by atoms with Gasteiger partial charge in [-0.2, -0.15) is 0 Å². The van der Waals surface area contributed by atoms with Crippen molar-refractivity contribution in [3.8, 4) is 34.0 Å². The maximum absolute atomic E-state index is 6.39. The second-order valence-corrected chi connectivity index (χ2v) is 16.2. The molecule has 0 atom stereocenters. The molecule has 0 aliphatic heterocycles. The Morgan fingerprint density at radius 1 is 0.610 bits per heavy atom. The zero-order chi connectivity index (χ0) is 38.7. The predicted octanol–water partition coefficient (Wildman–Crippen LogP) is 13.1. The molecule has 0 radical (unpaired) electrons. The first-order valence-electron chi connectivity index (χ1n) is 19.7. The van der Waals surface area contributed by atoms with E-state index >= 15 is 0 Å². The maximum atomic E-state index is 6.39. The second-order valence-electron chi connectivity index (χ2n) is 16.2. The summed E-state index contributed by atoms with van der Waals surface area (Å²) in [5.74, 6) is 1.69. The zero-order valence-corrected chi connectivity index (χ0v) is 34.7. The van der Waals surface area contributed by atoms with Crippen LogP contribution in [-0.2, 0) is 26.5 Å². The molecule has 12 aromatic rings. The topological polar surface area (TPSA) is 62.9 Å². The number of imidazole rings is 1. The van der Waals surface area contributed by atoms with Gasteiger partial charge in [-0.25, -0.2) is 9.97 Å². The third-order valence-corrected chi connectivity index (χ3v) is 11.7. The van der Waals surface area contributed by atoms with Gasteiger partial charge < -0.3 is 14.0 Å². The zero-order valence-electron chi connectivity index (χ0n) is 32.5. The van der Waals surface area contributed by atoms with Gasteiger partial charge in [0.2, 0.25) is 0 Å². The SMILES string of the molecule is CC(C)(C)c1cc(-c2nc3c(-c4[c-]c5c(cc4)c4ccccc4n5-c4ccccn4)cccc3n2-c2ccccc2)c2[n-]c3ccc4oc5ccccc5c4c3c2c1.[Pt+2]. The molecule has 0 bridgehead atoms. The van der Waals surface area contributed by atoms with Crippen molar-refractivity contribution in [3.63, 3.8) is 0 Å². The molecule has 0 spiro atoms. The van der Waals surface area contributed by atoms with Gasteiger partial charge in [-0.05, 0) is 87.3 Å². The summed E-state index contributed by atoms with van der Waals surface area (Å²) < 4.78 is 10.9. The van der Waals surface area contributed by atoms with Crippen molar-refractivity contribution in [2.24, 2.45) is 0 Å². The standard InChI is InChI=1S/C52H35N5O.Pt/c1-52(2,3)32-29-38-47-40(25-26-45-48(47)37-17-8-10-21-44(37)58-45)54-49(38)39(30-32)51-55-50-34(18-13-20-42(50)56(51)33-14-5-4-6-15-33)31-23-24-36-35-16-7-9-19-41(35)57(43(36)28-31)46-22-11-12-27-53-46;/h4-27,29-30H,1-3H3;/q-2;+2. The van der Waals surface area contributed by atoms with E-state index in [9.17, 15) is 0 Å². The van der Waals surface area contributed by atoms with Crippen LogP contribution in [0.15, 0.2) is 162 Å². The Hall–Kier alpha value is -6.75. The summed E-state index contributed by atoms with van der Waals surface area (Å²) in [5, 5.41) is 6.69. The summed E-state index contributed by atoms with van der Waals surface area (Å²) >= 11 is 0. The molecule has 0 unspecified atom stereocenters. The van der Waals surface area contributed by atoms with Crippen LogP contribution in [0.1, 0.15) is 26.3 Å². The van der Waals surface area contributed by atoms with Crippen LogP contribution in [0.3, 0.4) is 0 Å². The molecule has 0 aliphatic rings. The molecule has 5 heterocycles. The summed E-state index contributed by atoms with van der Waals surface area (Å²) in [6.45, 7) is 6.82. The van der Waals surface area contributed by atoms with Gasteiger partial charge >= 0.3 is 21.1 Å². The first kappa shape index (κ1) is 35.4. The molecule has 59 heavy (non-hydrogen) atoms. The van der Waals surface area contributed by atoms with Crippen molar-refractivity contribution in [1.82, 2.24) is 24.1 Å². The van der Waals surface area contributed by atoms with Crippen molar-refractivity contribution in [3.05, 3.63) is 169 Å². The molecule has 6 nitrogen and oxygen atoms in total. The number of hydrogen-bond donors (Lipinski definition) is 0. The van der Waals surface area contributed by atoms with E-state index in [-0.39, 0.29) is 26.5 Å². The van der Waals surface area contributed by atoms with Crippen LogP contribution in [-0.4, -0.2) is 19.1 Å². The summed E-state index contributed by atoms with van der Waals surface area (Å²) in [5.41, 5.74) is 12.6. The van der Waals surface area contributed by atoms with Crippen LogP contribution in [0.25, 0.3) is 111 Å². The minimum Gasteiger partial charge on any atom is -0.656 e. The molecule has 0 aliphatic carbocycles. The fourth-order valence-corrected chi connectivity index (χ4v) is 8.95. The summed E-state index contributed by atoms with van der Waals surface area (Å²) in [6, 6.07) is 56.9. The molecule has 284 valence electrons. The average Bonchev–Trinajstić information content (AvgIpc) is 4.02. The van der Waals surface area contributed by atoms with Gasteiger partial charge in [-0.15, -0.1) is 34.8 Å². The predicted molar refractivity (Wildman–Crippen MR) is 237 cm³/mol. The van der Waals surface area contributed by atoms with E-state index in [2.05, 4.69) is 163 Å². The van der Waals surface area contributed by atoms with E-state index in [4.69, 9.17) is 19.4 Å². The van der Waals surface area contributed by atoms with Gasteiger partial charge in [-0.1, -0.05) is 117 Å². The number of rotatable bonds is 4. The number of aromatic nitrogens is 5. The molecule has 7 heteroatoms. The monoisotopic (exact) mass is 940 g/mol. The summed E-state index contributed by atoms with van der Waals surface area (Å²) in [6.07, 6.45) is 1.84. The third kappa shape index (κ3) is 5.29. The van der Waals surface area contributed by atoms with Crippen molar-refractivity contribution in [2.75, 3.05) is 0 Å². The summed E-state index contributed by atoms with van der Waals surface area (Å²) in [4.78, 5) is 15.8. The normalized spacial score (nSPS) is 12.2. The Labute approximate surface area is 354 Å². The average molecular weight is 941 g/mol. The van der Waals surface area contributed by atoms with E-state index in [1.165, 1.54) is 5.56 Å². The van der Waals surface area contributed by atoms with Crippen LogP contribution < -0.4 is 4.98 Å². The molecule has 0 saturated carbocycles. The minimum absolute atomic E-state index is 0. The van der Waals surface area contributed by atoms with Crippen molar-refractivity contribution < 1.29 is 25.5 Å². The fourth-order valence-electron chi connectivity index (χ4n) is 8.95. The number of pyridine rings is 1. The Morgan fingerprint density at radius 3 is 2.22 bits per heavy atom. The molecule has 12 rings (SSSR count). The van der Waals surface area contributed by atoms with Crippen LogP contribution in [0.4, 0.5) is 0 Å². The smallest absolute Gasteiger partial charge is 0.656 e. The van der Waals surface area contributed by atoms with E-state index in [1.54, 1.807) is 0 Å². The third-order valence-electron chi connectivity index (χ3n) is 11.7. The Bertz CT molecular complexity index is 3600. The first-order chi connectivity index (χ1) is 28.4. The number of fused-ring (bicyclic) bond motifs is 11. The summed E-state index contributed by atoms with van der Waals surface area (Å²) in [7, 11) is 0. The second kappa shape index (κ2) is 13.1. The van der Waals surface area contributed by atoms with Crippen LogP contribution in [0.2, 0.25) is 0 Å². The molecule has 0 saturated heterocycles. The van der Waals surface area contributed by atoms with E-state index in [0.29, 0.717) is 0 Å². The van der Waals surface area contributed by atoms with Gasteiger partial charge in [0.25, 0.3) is 0 Å². The Kier molecular flexibility index (Phi) is 7.88. The fraction of sp³-hybridized carbons (Fsp3) is 0.0769. The van der Waals surface area contributed by atoms with E-state index in [0.717, 1.165) is 111 Å². The molecular weight excluding hydrogens is 906 g/mol. The van der Waals surface area contributed by atoms with Crippen LogP contribution in [0, 0.1) is 6.07 Å². The number of benzene rings is 7. The number of hydrogen-bond acceptors (Lipinski definition) is 3. The largest absolute Gasteiger partial charge is 2.00 e. The van der Waals surface area contributed by atoms with Gasteiger partial charge in [0.1, 0.15) is 22.8 Å². The number of para-hydroxylation sites is 4. The number of nitrogens with zero attached hydrogens (tertiary/aromatic N) is 5. The molecule has 0 fully saturated rings. The molecule has 0 N–H and O–H groups in total. The van der Waals surface area contributed by atoms with E-state index < -0.39 is 0 Å². The van der Waals surface area contributed by atoms with Crippen molar-refractivity contribution >= 4 is 76.6 Å². The van der Waals surface area contributed by atoms with Gasteiger partial charge in [-0.3, -0.25) is 4.57 Å².